The van der Waals surface area contributed by atoms with E-state index in [-0.39, 0.29) is 0 Å². The van der Waals surface area contributed by atoms with Gasteiger partial charge in [-0.3, -0.25) is 0 Å². The molecule has 0 spiro atoms. The molecule has 15 heavy (non-hydrogen) atoms. The fourth-order valence-electron chi connectivity index (χ4n) is 1.58. The highest BCUT2D eigenvalue weighted by Crippen LogP contribution is 2.46. The summed E-state index contributed by atoms with van der Waals surface area (Å²) in [4.78, 5) is 1.22. The minimum absolute atomic E-state index is 0.856. The lowest BCUT2D eigenvalue weighted by Gasteiger charge is -1.94. The lowest BCUT2D eigenvalue weighted by Crippen LogP contribution is -1.80. The number of hydrogen-bond acceptors (Lipinski definition) is 5. The summed E-state index contributed by atoms with van der Waals surface area (Å²) in [6, 6.07) is 6.14. The molecule has 0 aliphatic rings. The Balaban J connectivity index is 2.37. The molecular weight excluding hydrogens is 244 g/mol. The standard InChI is InChI=1S/C10H8N2S3/c11-7-4-6-9(15-7)8(10(12)14-6)5-2-1-3-13-5/h1-4H,11-12H2. The van der Waals surface area contributed by atoms with Crippen LogP contribution in [-0.4, -0.2) is 0 Å². The Morgan fingerprint density at radius 2 is 2.00 bits per heavy atom. The van der Waals surface area contributed by atoms with Crippen LogP contribution in [0.15, 0.2) is 23.6 Å². The van der Waals surface area contributed by atoms with E-state index in [2.05, 4.69) is 11.4 Å². The fourth-order valence-corrected chi connectivity index (χ4v) is 4.71. The molecule has 3 rings (SSSR count). The minimum atomic E-state index is 0.856. The van der Waals surface area contributed by atoms with Gasteiger partial charge in [0, 0.05) is 10.4 Å². The first kappa shape index (κ1) is 9.21. The van der Waals surface area contributed by atoms with E-state index in [1.165, 1.54) is 14.3 Å². The molecule has 0 aromatic carbocycles. The number of rotatable bonds is 1. The number of nitrogen functional groups attached to an aromatic ring is 2. The second kappa shape index (κ2) is 3.23. The maximum absolute atomic E-state index is 6.03. The SMILES string of the molecule is Nc1cc2sc(N)c(-c3cccs3)c2s1. The van der Waals surface area contributed by atoms with Gasteiger partial charge in [-0.25, -0.2) is 0 Å². The highest BCUT2D eigenvalue weighted by Gasteiger charge is 2.14. The minimum Gasteiger partial charge on any atom is -0.391 e. The average Bonchev–Trinajstić information content (AvgIpc) is 2.80. The van der Waals surface area contributed by atoms with Crippen molar-refractivity contribution in [1.82, 2.24) is 0 Å². The summed E-state index contributed by atoms with van der Waals surface area (Å²) in [7, 11) is 0. The number of nitrogens with two attached hydrogens (primary N) is 2. The Bertz CT molecular complexity index is 604. The first-order chi connectivity index (χ1) is 7.25. The Labute approximate surface area is 98.8 Å². The van der Waals surface area contributed by atoms with Crippen molar-refractivity contribution in [1.29, 1.82) is 0 Å². The lowest BCUT2D eigenvalue weighted by atomic mass is 10.2. The molecule has 3 heterocycles. The van der Waals surface area contributed by atoms with Gasteiger partial charge in [0.05, 0.1) is 19.4 Å². The van der Waals surface area contributed by atoms with E-state index in [0.29, 0.717) is 0 Å². The van der Waals surface area contributed by atoms with Crippen molar-refractivity contribution in [3.8, 4) is 10.4 Å². The molecule has 5 heteroatoms. The quantitative estimate of drug-likeness (QED) is 0.691. The van der Waals surface area contributed by atoms with Crippen LogP contribution in [0, 0.1) is 0 Å². The third kappa shape index (κ3) is 1.35. The molecule has 0 amide bonds. The summed E-state index contributed by atoms with van der Waals surface area (Å²) in [6.45, 7) is 0. The first-order valence-corrected chi connectivity index (χ1v) is 6.88. The molecule has 3 aromatic rings. The molecule has 2 nitrogen and oxygen atoms in total. The van der Waals surface area contributed by atoms with E-state index in [9.17, 15) is 0 Å². The van der Waals surface area contributed by atoms with Gasteiger partial charge in [0.2, 0.25) is 0 Å². The van der Waals surface area contributed by atoms with E-state index in [1.807, 2.05) is 12.1 Å². The molecule has 0 fully saturated rings. The summed E-state index contributed by atoms with van der Waals surface area (Å²) in [5.74, 6) is 0. The van der Waals surface area contributed by atoms with Gasteiger partial charge in [0.1, 0.15) is 0 Å². The summed E-state index contributed by atoms with van der Waals surface area (Å²) in [5, 5.41) is 3.81. The molecule has 0 saturated heterocycles. The Morgan fingerprint density at radius 3 is 2.73 bits per heavy atom. The molecular formula is C10H8N2S3. The van der Waals surface area contributed by atoms with E-state index >= 15 is 0 Å². The van der Waals surface area contributed by atoms with Crippen LogP contribution in [0.25, 0.3) is 19.8 Å². The third-order valence-electron chi connectivity index (χ3n) is 2.18. The largest absolute Gasteiger partial charge is 0.391 e. The van der Waals surface area contributed by atoms with Gasteiger partial charge < -0.3 is 11.5 Å². The molecule has 0 unspecified atom stereocenters. The van der Waals surface area contributed by atoms with Gasteiger partial charge in [-0.15, -0.1) is 34.0 Å². The number of fused-ring (bicyclic) bond motifs is 1. The van der Waals surface area contributed by atoms with Gasteiger partial charge >= 0.3 is 0 Å². The lowest BCUT2D eigenvalue weighted by molar-refractivity contribution is 1.92. The zero-order valence-electron chi connectivity index (χ0n) is 7.69. The first-order valence-electron chi connectivity index (χ1n) is 4.37. The van der Waals surface area contributed by atoms with Gasteiger partial charge in [0.25, 0.3) is 0 Å². The van der Waals surface area contributed by atoms with Crippen LogP contribution in [-0.2, 0) is 0 Å². The maximum atomic E-state index is 6.03. The van der Waals surface area contributed by atoms with Crippen LogP contribution < -0.4 is 11.5 Å². The van der Waals surface area contributed by atoms with E-state index < -0.39 is 0 Å². The smallest absolute Gasteiger partial charge is 0.0965 e. The van der Waals surface area contributed by atoms with Gasteiger partial charge in [-0.2, -0.15) is 0 Å². The van der Waals surface area contributed by atoms with Gasteiger partial charge in [-0.1, -0.05) is 6.07 Å². The Kier molecular flexibility index (Phi) is 1.98. The highest BCUT2D eigenvalue weighted by atomic mass is 32.1. The van der Waals surface area contributed by atoms with Crippen LogP contribution in [0.4, 0.5) is 10.0 Å². The van der Waals surface area contributed by atoms with Gasteiger partial charge in [0.15, 0.2) is 0 Å². The van der Waals surface area contributed by atoms with Crippen LogP contribution in [0.5, 0.6) is 0 Å². The zero-order valence-corrected chi connectivity index (χ0v) is 10.1. The molecule has 0 saturated carbocycles. The van der Waals surface area contributed by atoms with E-state index in [4.69, 9.17) is 11.5 Å². The van der Waals surface area contributed by atoms with Crippen LogP contribution in [0.1, 0.15) is 0 Å². The monoisotopic (exact) mass is 252 g/mol. The number of anilines is 2. The normalized spacial score (nSPS) is 11.2. The molecule has 0 radical (unpaired) electrons. The molecule has 0 atom stereocenters. The van der Waals surface area contributed by atoms with Crippen LogP contribution >= 0.6 is 34.0 Å². The second-order valence-corrected chi connectivity index (χ2v) is 6.28. The summed E-state index contributed by atoms with van der Waals surface area (Å²) in [6.07, 6.45) is 0. The second-order valence-electron chi connectivity index (χ2n) is 3.16. The van der Waals surface area contributed by atoms with E-state index in [0.717, 1.165) is 15.6 Å². The Hall–Kier alpha value is -1.04. The van der Waals surface area contributed by atoms with Crippen molar-refractivity contribution in [2.45, 2.75) is 0 Å². The fraction of sp³-hybridized carbons (Fsp3) is 0. The maximum Gasteiger partial charge on any atom is 0.0965 e. The molecule has 4 N–H and O–H groups in total. The van der Waals surface area contributed by atoms with Crippen molar-refractivity contribution in [2.24, 2.45) is 0 Å². The van der Waals surface area contributed by atoms with Crippen LogP contribution in [0.2, 0.25) is 0 Å². The van der Waals surface area contributed by atoms with Gasteiger partial charge in [-0.05, 0) is 17.5 Å². The van der Waals surface area contributed by atoms with E-state index in [1.54, 1.807) is 34.0 Å². The van der Waals surface area contributed by atoms with Crippen molar-refractivity contribution in [3.05, 3.63) is 23.6 Å². The average molecular weight is 252 g/mol. The van der Waals surface area contributed by atoms with Crippen molar-refractivity contribution in [2.75, 3.05) is 11.5 Å². The van der Waals surface area contributed by atoms with Crippen molar-refractivity contribution >= 4 is 53.4 Å². The van der Waals surface area contributed by atoms with Crippen LogP contribution in [0.3, 0.4) is 0 Å². The Morgan fingerprint density at radius 1 is 1.13 bits per heavy atom. The molecule has 0 aliphatic heterocycles. The van der Waals surface area contributed by atoms with Crippen molar-refractivity contribution in [3.63, 3.8) is 0 Å². The third-order valence-corrected chi connectivity index (χ3v) is 5.14. The molecule has 0 bridgehead atoms. The van der Waals surface area contributed by atoms with Crippen molar-refractivity contribution < 1.29 is 0 Å². The predicted molar refractivity (Wildman–Crippen MR) is 71.8 cm³/mol. The highest BCUT2D eigenvalue weighted by molar-refractivity contribution is 7.33. The zero-order chi connectivity index (χ0) is 10.4. The number of hydrogen-bond donors (Lipinski definition) is 2. The summed E-state index contributed by atoms with van der Waals surface area (Å²) >= 11 is 4.94. The topological polar surface area (TPSA) is 52.0 Å². The number of thiophene rings is 3. The summed E-state index contributed by atoms with van der Waals surface area (Å²) in [5.41, 5.74) is 13.0. The summed E-state index contributed by atoms with van der Waals surface area (Å²) < 4.78 is 2.41. The molecule has 76 valence electrons. The molecule has 3 aromatic heterocycles. The predicted octanol–water partition coefficient (Wildman–Crippen LogP) is 3.86. The molecule has 0 aliphatic carbocycles.